The molecule has 0 saturated heterocycles. The zero-order valence-electron chi connectivity index (χ0n) is 11.6. The number of carbonyl (C=O) groups excluding carboxylic acids is 1. The first-order valence-corrected chi connectivity index (χ1v) is 6.95. The van der Waals surface area contributed by atoms with Crippen LogP contribution in [0.1, 0.15) is 43.9 Å². The molecular formula is C15H22N2O2. The molecule has 19 heavy (non-hydrogen) atoms. The Morgan fingerprint density at radius 1 is 1.58 bits per heavy atom. The van der Waals surface area contributed by atoms with E-state index in [-0.39, 0.29) is 11.9 Å². The number of nitrogens with one attached hydrogen (secondary N) is 1. The van der Waals surface area contributed by atoms with Crippen molar-refractivity contribution in [3.63, 3.8) is 0 Å². The van der Waals surface area contributed by atoms with Gasteiger partial charge in [0.25, 0.3) is 5.91 Å². The van der Waals surface area contributed by atoms with Crippen molar-refractivity contribution >= 4 is 5.91 Å². The molecule has 1 amide bonds. The van der Waals surface area contributed by atoms with Gasteiger partial charge in [-0.15, -0.1) is 0 Å². The third kappa shape index (κ3) is 3.07. The third-order valence-electron chi connectivity index (χ3n) is 3.50. The zero-order valence-corrected chi connectivity index (χ0v) is 11.6. The van der Waals surface area contributed by atoms with Gasteiger partial charge in [0.2, 0.25) is 0 Å². The van der Waals surface area contributed by atoms with Crippen molar-refractivity contribution in [2.24, 2.45) is 5.73 Å². The number of amides is 1. The highest BCUT2D eigenvalue weighted by molar-refractivity contribution is 5.80. The normalized spacial score (nSPS) is 18.8. The lowest BCUT2D eigenvalue weighted by molar-refractivity contribution is -0.127. The summed E-state index contributed by atoms with van der Waals surface area (Å²) in [5.41, 5.74) is 8.35. The van der Waals surface area contributed by atoms with Crippen LogP contribution in [0, 0.1) is 0 Å². The van der Waals surface area contributed by atoms with E-state index in [1.807, 2.05) is 25.1 Å². The van der Waals surface area contributed by atoms with Crippen LogP contribution in [0.3, 0.4) is 0 Å². The van der Waals surface area contributed by atoms with Gasteiger partial charge in [0, 0.05) is 12.6 Å². The maximum atomic E-state index is 11.8. The minimum atomic E-state index is -0.477. The standard InChI is InChI=1S/C15H22N2O2/c1-3-9-17-15(18)10(2)19-14-6-4-5-11-12(14)7-8-13(11)16/h4-6,10,13H,3,7-9,16H2,1-2H3,(H,17,18). The van der Waals surface area contributed by atoms with Gasteiger partial charge in [-0.1, -0.05) is 19.1 Å². The molecule has 104 valence electrons. The molecule has 4 nitrogen and oxygen atoms in total. The van der Waals surface area contributed by atoms with E-state index in [9.17, 15) is 4.79 Å². The molecule has 2 unspecified atom stereocenters. The predicted octanol–water partition coefficient (Wildman–Crippen LogP) is 1.93. The Labute approximate surface area is 114 Å². The highest BCUT2D eigenvalue weighted by atomic mass is 16.5. The van der Waals surface area contributed by atoms with Gasteiger partial charge in [0.1, 0.15) is 5.75 Å². The topological polar surface area (TPSA) is 64.3 Å². The van der Waals surface area contributed by atoms with Gasteiger partial charge in [-0.3, -0.25) is 4.79 Å². The van der Waals surface area contributed by atoms with Crippen LogP contribution < -0.4 is 15.8 Å². The molecule has 0 fully saturated rings. The maximum Gasteiger partial charge on any atom is 0.260 e. The zero-order chi connectivity index (χ0) is 13.8. The van der Waals surface area contributed by atoms with E-state index in [4.69, 9.17) is 10.5 Å². The molecule has 0 radical (unpaired) electrons. The Morgan fingerprint density at radius 2 is 2.37 bits per heavy atom. The van der Waals surface area contributed by atoms with Crippen LogP contribution in [-0.4, -0.2) is 18.6 Å². The molecule has 0 saturated carbocycles. The van der Waals surface area contributed by atoms with Gasteiger partial charge in [0.15, 0.2) is 6.10 Å². The maximum absolute atomic E-state index is 11.8. The quantitative estimate of drug-likeness (QED) is 0.852. The summed E-state index contributed by atoms with van der Waals surface area (Å²) < 4.78 is 5.80. The molecule has 2 atom stereocenters. The van der Waals surface area contributed by atoms with E-state index in [0.29, 0.717) is 6.54 Å². The molecule has 0 bridgehead atoms. The lowest BCUT2D eigenvalue weighted by Gasteiger charge is -2.17. The van der Waals surface area contributed by atoms with Gasteiger partial charge >= 0.3 is 0 Å². The van der Waals surface area contributed by atoms with Crippen molar-refractivity contribution in [2.75, 3.05) is 6.54 Å². The highest BCUT2D eigenvalue weighted by Gasteiger charge is 2.24. The Hall–Kier alpha value is -1.55. The average molecular weight is 262 g/mol. The Kier molecular flexibility index (Phi) is 4.43. The minimum absolute atomic E-state index is 0.0678. The molecule has 3 N–H and O–H groups in total. The number of nitrogens with two attached hydrogens (primary N) is 1. The van der Waals surface area contributed by atoms with Crippen LogP contribution in [-0.2, 0) is 11.2 Å². The second-order valence-corrected chi connectivity index (χ2v) is 5.02. The van der Waals surface area contributed by atoms with Gasteiger partial charge < -0.3 is 15.8 Å². The van der Waals surface area contributed by atoms with E-state index in [2.05, 4.69) is 5.32 Å². The predicted molar refractivity (Wildman–Crippen MR) is 75.1 cm³/mol. The number of benzene rings is 1. The van der Waals surface area contributed by atoms with Crippen LogP contribution in [0.5, 0.6) is 5.75 Å². The SMILES string of the molecule is CCCNC(=O)C(C)Oc1cccc2c1CCC2N. The first kappa shape index (κ1) is 13.9. The van der Waals surface area contributed by atoms with Crippen molar-refractivity contribution in [3.05, 3.63) is 29.3 Å². The van der Waals surface area contributed by atoms with E-state index < -0.39 is 6.10 Å². The molecule has 1 aliphatic rings. The summed E-state index contributed by atoms with van der Waals surface area (Å²) in [4.78, 5) is 11.8. The van der Waals surface area contributed by atoms with Crippen molar-refractivity contribution in [1.29, 1.82) is 0 Å². The van der Waals surface area contributed by atoms with Crippen LogP contribution >= 0.6 is 0 Å². The van der Waals surface area contributed by atoms with Gasteiger partial charge in [-0.2, -0.15) is 0 Å². The van der Waals surface area contributed by atoms with Crippen molar-refractivity contribution in [2.45, 2.75) is 45.3 Å². The van der Waals surface area contributed by atoms with Crippen molar-refractivity contribution in [1.82, 2.24) is 5.32 Å². The summed E-state index contributed by atoms with van der Waals surface area (Å²) in [5, 5.41) is 2.84. The summed E-state index contributed by atoms with van der Waals surface area (Å²) >= 11 is 0. The first-order valence-electron chi connectivity index (χ1n) is 6.95. The second-order valence-electron chi connectivity index (χ2n) is 5.02. The summed E-state index contributed by atoms with van der Waals surface area (Å²) in [6.45, 7) is 4.49. The number of ether oxygens (including phenoxy) is 1. The smallest absolute Gasteiger partial charge is 0.260 e. The molecule has 1 aromatic carbocycles. The van der Waals surface area contributed by atoms with Crippen LogP contribution in [0.2, 0.25) is 0 Å². The fourth-order valence-electron chi connectivity index (χ4n) is 2.40. The molecular weight excluding hydrogens is 240 g/mol. The molecule has 0 aliphatic heterocycles. The fourth-order valence-corrected chi connectivity index (χ4v) is 2.40. The molecule has 0 aromatic heterocycles. The number of rotatable bonds is 5. The largest absolute Gasteiger partial charge is 0.481 e. The first-order chi connectivity index (χ1) is 9.13. The average Bonchev–Trinajstić information content (AvgIpc) is 2.79. The molecule has 0 spiro atoms. The number of fused-ring (bicyclic) bond motifs is 1. The molecule has 1 aliphatic carbocycles. The van der Waals surface area contributed by atoms with Gasteiger partial charge in [-0.25, -0.2) is 0 Å². The second kappa shape index (κ2) is 6.06. The molecule has 2 rings (SSSR count). The minimum Gasteiger partial charge on any atom is -0.481 e. The Balaban J connectivity index is 2.06. The van der Waals surface area contributed by atoms with Crippen LogP contribution in [0.25, 0.3) is 0 Å². The Bertz CT molecular complexity index is 459. The van der Waals surface area contributed by atoms with Gasteiger partial charge in [-0.05, 0) is 43.4 Å². The fraction of sp³-hybridized carbons (Fsp3) is 0.533. The van der Waals surface area contributed by atoms with Crippen molar-refractivity contribution < 1.29 is 9.53 Å². The summed E-state index contributed by atoms with van der Waals surface area (Å²) in [6, 6.07) is 6.00. The van der Waals surface area contributed by atoms with E-state index in [1.54, 1.807) is 6.92 Å². The van der Waals surface area contributed by atoms with E-state index in [0.717, 1.165) is 36.1 Å². The molecule has 1 aromatic rings. The Morgan fingerprint density at radius 3 is 3.11 bits per heavy atom. The third-order valence-corrected chi connectivity index (χ3v) is 3.50. The molecule has 4 heteroatoms. The number of hydrogen-bond donors (Lipinski definition) is 2. The molecule has 0 heterocycles. The van der Waals surface area contributed by atoms with Crippen LogP contribution in [0.4, 0.5) is 0 Å². The summed E-state index contributed by atoms with van der Waals surface area (Å²) in [7, 11) is 0. The van der Waals surface area contributed by atoms with Crippen molar-refractivity contribution in [3.8, 4) is 5.75 Å². The number of hydrogen-bond acceptors (Lipinski definition) is 3. The summed E-state index contributed by atoms with van der Waals surface area (Å²) in [5.74, 6) is 0.728. The lowest BCUT2D eigenvalue weighted by Crippen LogP contribution is -2.36. The number of carbonyl (C=O) groups is 1. The monoisotopic (exact) mass is 262 g/mol. The summed E-state index contributed by atoms with van der Waals surface area (Å²) in [6.07, 6.45) is 2.32. The van der Waals surface area contributed by atoms with Gasteiger partial charge in [0.05, 0.1) is 0 Å². The highest BCUT2D eigenvalue weighted by Crippen LogP contribution is 2.35. The van der Waals surface area contributed by atoms with E-state index in [1.165, 1.54) is 0 Å². The lowest BCUT2D eigenvalue weighted by atomic mass is 10.1. The van der Waals surface area contributed by atoms with E-state index >= 15 is 0 Å². The van der Waals surface area contributed by atoms with Crippen LogP contribution in [0.15, 0.2) is 18.2 Å².